The second-order valence-corrected chi connectivity index (χ2v) is 4.10. The van der Waals surface area contributed by atoms with Crippen molar-refractivity contribution >= 4 is 0 Å². The van der Waals surface area contributed by atoms with Crippen LogP contribution in [0.5, 0.6) is 0 Å². The largest absolute Gasteiger partial charge is 0.392 e. The Bertz CT molecular complexity index is 211. The first-order valence-electron chi connectivity index (χ1n) is 5.20. The van der Waals surface area contributed by atoms with E-state index >= 15 is 0 Å². The van der Waals surface area contributed by atoms with E-state index in [4.69, 9.17) is 5.11 Å². The van der Waals surface area contributed by atoms with E-state index < -0.39 is 0 Å². The molecule has 0 aliphatic heterocycles. The highest BCUT2D eigenvalue weighted by atomic mass is 16.3. The summed E-state index contributed by atoms with van der Waals surface area (Å²) in [6.45, 7) is 10.3. The van der Waals surface area contributed by atoms with Gasteiger partial charge in [0.25, 0.3) is 0 Å². The first kappa shape index (κ1) is 13.2. The van der Waals surface area contributed by atoms with Crippen LogP contribution in [0, 0.1) is 11.8 Å². The van der Waals surface area contributed by atoms with Gasteiger partial charge < -0.3 is 5.11 Å². The summed E-state index contributed by atoms with van der Waals surface area (Å²) < 4.78 is 0. The second-order valence-electron chi connectivity index (χ2n) is 4.10. The summed E-state index contributed by atoms with van der Waals surface area (Å²) in [4.78, 5) is 0. The van der Waals surface area contributed by atoms with Crippen LogP contribution >= 0.6 is 0 Å². The predicted octanol–water partition coefficient (Wildman–Crippen LogP) is 3.33. The van der Waals surface area contributed by atoms with E-state index in [-0.39, 0.29) is 6.61 Å². The van der Waals surface area contributed by atoms with Crippen LogP contribution in [0.3, 0.4) is 0 Å². The number of hydrogen-bond donors (Lipinski definition) is 1. The molecular weight excluding hydrogens is 172 g/mol. The molecule has 80 valence electrons. The molecule has 0 aromatic carbocycles. The van der Waals surface area contributed by atoms with E-state index in [1.807, 2.05) is 12.2 Å². The van der Waals surface area contributed by atoms with Crippen LogP contribution in [0.1, 0.15) is 27.2 Å². The van der Waals surface area contributed by atoms with Crippen molar-refractivity contribution in [3.05, 3.63) is 36.5 Å². The van der Waals surface area contributed by atoms with Gasteiger partial charge in [-0.2, -0.15) is 0 Å². The highest BCUT2D eigenvalue weighted by Crippen LogP contribution is 2.12. The monoisotopic (exact) mass is 194 g/mol. The van der Waals surface area contributed by atoms with Crippen molar-refractivity contribution in [1.82, 2.24) is 0 Å². The van der Waals surface area contributed by atoms with E-state index in [1.54, 1.807) is 6.08 Å². The Balaban J connectivity index is 4.03. The predicted molar refractivity (Wildman–Crippen MR) is 63.1 cm³/mol. The van der Waals surface area contributed by atoms with E-state index in [1.165, 1.54) is 6.42 Å². The molecule has 0 radical (unpaired) electrons. The molecule has 1 atom stereocenters. The highest BCUT2D eigenvalue weighted by Gasteiger charge is 1.99. The fourth-order valence-corrected chi connectivity index (χ4v) is 1.38. The maximum Gasteiger partial charge on any atom is 0.0681 e. The first-order chi connectivity index (χ1) is 6.60. The molecule has 0 heterocycles. The Morgan fingerprint density at radius 3 is 2.43 bits per heavy atom. The molecule has 0 bridgehead atoms. The number of allylic oxidation sites excluding steroid dienone is 3. The van der Waals surface area contributed by atoms with Crippen LogP contribution in [-0.2, 0) is 0 Å². The summed E-state index contributed by atoms with van der Waals surface area (Å²) in [6, 6.07) is 0. The van der Waals surface area contributed by atoms with Crippen molar-refractivity contribution in [2.24, 2.45) is 11.8 Å². The van der Waals surface area contributed by atoms with Crippen molar-refractivity contribution in [3.8, 4) is 0 Å². The lowest BCUT2D eigenvalue weighted by Crippen LogP contribution is -1.95. The summed E-state index contributed by atoms with van der Waals surface area (Å²) in [6.07, 6.45) is 8.95. The Morgan fingerprint density at radius 1 is 1.36 bits per heavy atom. The molecule has 1 nitrogen and oxygen atoms in total. The molecule has 0 fully saturated rings. The molecule has 0 amide bonds. The Hall–Kier alpha value is -0.820. The van der Waals surface area contributed by atoms with Gasteiger partial charge in [0.1, 0.15) is 0 Å². The number of aliphatic hydroxyl groups excluding tert-OH is 1. The molecule has 1 N–H and O–H groups in total. The molecule has 1 unspecified atom stereocenters. The molecule has 0 spiro atoms. The fraction of sp³-hybridized carbons (Fsp3) is 0.538. The third-order valence-electron chi connectivity index (χ3n) is 2.04. The van der Waals surface area contributed by atoms with Crippen LogP contribution in [0.2, 0.25) is 0 Å². The minimum absolute atomic E-state index is 0.0619. The van der Waals surface area contributed by atoms with Gasteiger partial charge in [0.15, 0.2) is 0 Å². The lowest BCUT2D eigenvalue weighted by molar-refractivity contribution is 0.335. The van der Waals surface area contributed by atoms with Gasteiger partial charge in [-0.15, -0.1) is 0 Å². The summed E-state index contributed by atoms with van der Waals surface area (Å²) in [5.41, 5.74) is 0.859. The zero-order chi connectivity index (χ0) is 11.0. The van der Waals surface area contributed by atoms with Gasteiger partial charge in [-0.25, -0.2) is 0 Å². The molecule has 0 aliphatic rings. The van der Waals surface area contributed by atoms with Gasteiger partial charge in [-0.05, 0) is 23.8 Å². The number of rotatable bonds is 6. The Kier molecular flexibility index (Phi) is 7.13. The van der Waals surface area contributed by atoms with Crippen LogP contribution in [0.15, 0.2) is 36.5 Å². The van der Waals surface area contributed by atoms with Crippen molar-refractivity contribution in [1.29, 1.82) is 0 Å². The SMILES string of the molecule is C=C/C(=C\C=C/C(C)CC(C)C)CO. The van der Waals surface area contributed by atoms with Crippen LogP contribution in [0.4, 0.5) is 0 Å². The van der Waals surface area contributed by atoms with Gasteiger partial charge in [0.2, 0.25) is 0 Å². The summed E-state index contributed by atoms with van der Waals surface area (Å²) in [5.74, 6) is 1.33. The van der Waals surface area contributed by atoms with Gasteiger partial charge in [-0.3, -0.25) is 0 Å². The maximum absolute atomic E-state index is 8.86. The molecule has 0 aromatic heterocycles. The fourth-order valence-electron chi connectivity index (χ4n) is 1.38. The minimum Gasteiger partial charge on any atom is -0.392 e. The number of hydrogen-bond acceptors (Lipinski definition) is 1. The lowest BCUT2D eigenvalue weighted by atomic mass is 9.98. The zero-order valence-corrected chi connectivity index (χ0v) is 9.53. The van der Waals surface area contributed by atoms with Crippen LogP contribution in [0.25, 0.3) is 0 Å². The van der Waals surface area contributed by atoms with Gasteiger partial charge in [-0.1, -0.05) is 51.7 Å². The third-order valence-corrected chi connectivity index (χ3v) is 2.04. The van der Waals surface area contributed by atoms with Crippen molar-refractivity contribution < 1.29 is 5.11 Å². The van der Waals surface area contributed by atoms with Crippen molar-refractivity contribution in [2.45, 2.75) is 27.2 Å². The van der Waals surface area contributed by atoms with E-state index in [0.29, 0.717) is 5.92 Å². The second kappa shape index (κ2) is 7.57. The first-order valence-corrected chi connectivity index (χ1v) is 5.20. The van der Waals surface area contributed by atoms with E-state index in [9.17, 15) is 0 Å². The molecule has 0 aliphatic carbocycles. The lowest BCUT2D eigenvalue weighted by Gasteiger charge is -2.08. The van der Waals surface area contributed by atoms with E-state index in [0.717, 1.165) is 11.5 Å². The third kappa shape index (κ3) is 6.67. The quantitative estimate of drug-likeness (QED) is 0.643. The maximum atomic E-state index is 8.86. The highest BCUT2D eigenvalue weighted by molar-refractivity contribution is 5.22. The topological polar surface area (TPSA) is 20.2 Å². The molecule has 0 saturated heterocycles. The van der Waals surface area contributed by atoms with Gasteiger partial charge in [0.05, 0.1) is 6.61 Å². The normalized spacial score (nSPS) is 15.1. The summed E-state index contributed by atoms with van der Waals surface area (Å²) >= 11 is 0. The molecule has 0 saturated carbocycles. The minimum atomic E-state index is 0.0619. The molecule has 0 aromatic rings. The molecule has 0 rings (SSSR count). The number of aliphatic hydroxyl groups is 1. The Labute approximate surface area is 87.8 Å². The smallest absolute Gasteiger partial charge is 0.0681 e. The summed E-state index contributed by atoms with van der Waals surface area (Å²) in [5, 5.41) is 8.86. The van der Waals surface area contributed by atoms with Crippen LogP contribution < -0.4 is 0 Å². The van der Waals surface area contributed by atoms with Gasteiger partial charge >= 0.3 is 0 Å². The van der Waals surface area contributed by atoms with Crippen molar-refractivity contribution in [2.75, 3.05) is 6.61 Å². The standard InChI is InChI=1S/C13H22O/c1-5-13(10-14)8-6-7-12(4)9-11(2)3/h5-8,11-12,14H,1,9-10H2,2-4H3/b7-6-,13-8+. The zero-order valence-electron chi connectivity index (χ0n) is 9.53. The van der Waals surface area contributed by atoms with E-state index in [2.05, 4.69) is 33.4 Å². The van der Waals surface area contributed by atoms with Crippen LogP contribution in [-0.4, -0.2) is 11.7 Å². The average Bonchev–Trinajstić information content (AvgIpc) is 2.11. The Morgan fingerprint density at radius 2 is 2.00 bits per heavy atom. The average molecular weight is 194 g/mol. The van der Waals surface area contributed by atoms with Gasteiger partial charge in [0, 0.05) is 0 Å². The summed E-state index contributed by atoms with van der Waals surface area (Å²) in [7, 11) is 0. The molecule has 14 heavy (non-hydrogen) atoms. The molecular formula is C13H22O. The van der Waals surface area contributed by atoms with Crippen molar-refractivity contribution in [3.63, 3.8) is 0 Å². The molecule has 1 heteroatoms.